The lowest BCUT2D eigenvalue weighted by Gasteiger charge is -2.09. The molecule has 2 aromatic heterocycles. The maximum Gasteiger partial charge on any atom is 0.219 e. The van der Waals surface area contributed by atoms with Crippen molar-refractivity contribution in [2.45, 2.75) is 32.7 Å². The highest BCUT2D eigenvalue weighted by Crippen LogP contribution is 2.29. The molecule has 0 aliphatic heterocycles. The molecule has 4 N–H and O–H groups in total. The number of carbonyl (C=O) groups excluding carboxylic acids is 1. The van der Waals surface area contributed by atoms with Crippen LogP contribution in [0.25, 0.3) is 21.9 Å². The van der Waals surface area contributed by atoms with E-state index in [1.807, 2.05) is 24.3 Å². The second-order valence-corrected chi connectivity index (χ2v) is 5.36. The van der Waals surface area contributed by atoms with Gasteiger partial charge in [0.05, 0.1) is 11.0 Å². The summed E-state index contributed by atoms with van der Waals surface area (Å²) in [4.78, 5) is 20.3. The van der Waals surface area contributed by atoms with Crippen molar-refractivity contribution in [3.63, 3.8) is 0 Å². The number of aryl methyl sites for hydroxylation is 2. The average molecular weight is 334 g/mol. The number of para-hydroxylation sites is 1. The number of hydrogen-bond donors (Lipinski definition) is 2. The Kier molecular flexibility index (Phi) is 5.05. The van der Waals surface area contributed by atoms with Crippen LogP contribution >= 0.6 is 12.4 Å². The number of benzene rings is 1. The van der Waals surface area contributed by atoms with Crippen molar-refractivity contribution < 1.29 is 4.79 Å². The number of imidazole rings is 1. The van der Waals surface area contributed by atoms with Gasteiger partial charge in [0, 0.05) is 24.8 Å². The number of nitrogen functional groups attached to an aromatic ring is 1. The SMILES string of the molecule is CCCc1nc2c(N)nc3ccccc3c2n1CCC(N)=O.Cl. The molecule has 0 unspecified atom stereocenters. The molecular weight excluding hydrogens is 314 g/mol. The third kappa shape index (κ3) is 3.07. The van der Waals surface area contributed by atoms with Gasteiger partial charge in [-0.15, -0.1) is 12.4 Å². The number of nitrogens with zero attached hydrogens (tertiary/aromatic N) is 3. The lowest BCUT2D eigenvalue weighted by molar-refractivity contribution is -0.118. The molecule has 0 saturated heterocycles. The largest absolute Gasteiger partial charge is 0.382 e. The zero-order valence-corrected chi connectivity index (χ0v) is 13.8. The van der Waals surface area contributed by atoms with Crippen molar-refractivity contribution in [3.8, 4) is 0 Å². The van der Waals surface area contributed by atoms with Gasteiger partial charge in [-0.25, -0.2) is 9.97 Å². The van der Waals surface area contributed by atoms with Crippen molar-refractivity contribution in [1.82, 2.24) is 14.5 Å². The predicted octanol–water partition coefficient (Wildman–Crippen LogP) is 2.42. The van der Waals surface area contributed by atoms with E-state index in [2.05, 4.69) is 21.5 Å². The van der Waals surface area contributed by atoms with Crippen LogP contribution in [0.4, 0.5) is 5.82 Å². The molecule has 0 bridgehead atoms. The Hall–Kier alpha value is -2.34. The molecule has 122 valence electrons. The molecule has 1 aromatic carbocycles. The highest BCUT2D eigenvalue weighted by molar-refractivity contribution is 6.06. The Morgan fingerprint density at radius 3 is 2.70 bits per heavy atom. The van der Waals surface area contributed by atoms with Gasteiger partial charge in [-0.1, -0.05) is 25.1 Å². The fourth-order valence-electron chi connectivity index (χ4n) is 2.78. The summed E-state index contributed by atoms with van der Waals surface area (Å²) in [6.07, 6.45) is 2.06. The molecule has 0 aliphatic carbocycles. The molecule has 3 aromatic rings. The summed E-state index contributed by atoms with van der Waals surface area (Å²) in [5.74, 6) is 1.02. The average Bonchev–Trinajstić information content (AvgIpc) is 2.85. The van der Waals surface area contributed by atoms with E-state index < -0.39 is 0 Å². The summed E-state index contributed by atoms with van der Waals surface area (Å²) in [5.41, 5.74) is 13.9. The maximum atomic E-state index is 11.2. The molecule has 1 amide bonds. The van der Waals surface area contributed by atoms with E-state index in [0.29, 0.717) is 17.9 Å². The van der Waals surface area contributed by atoms with E-state index in [1.54, 1.807) is 0 Å². The molecule has 3 rings (SSSR count). The van der Waals surface area contributed by atoms with Crippen molar-refractivity contribution in [3.05, 3.63) is 30.1 Å². The topological polar surface area (TPSA) is 99.8 Å². The minimum atomic E-state index is -0.323. The summed E-state index contributed by atoms with van der Waals surface area (Å²) >= 11 is 0. The minimum absolute atomic E-state index is 0. The molecule has 2 heterocycles. The van der Waals surface area contributed by atoms with E-state index in [4.69, 9.17) is 11.5 Å². The normalized spacial score (nSPS) is 10.8. The molecule has 0 atom stereocenters. The Balaban J connectivity index is 0.00000192. The molecule has 0 fully saturated rings. The third-order valence-corrected chi connectivity index (χ3v) is 3.74. The number of pyridine rings is 1. The van der Waals surface area contributed by atoms with Crippen molar-refractivity contribution in [2.75, 3.05) is 5.73 Å². The second kappa shape index (κ2) is 6.83. The number of rotatable bonds is 5. The first kappa shape index (κ1) is 17.0. The first-order valence-electron chi connectivity index (χ1n) is 7.43. The van der Waals surface area contributed by atoms with Crippen LogP contribution in [0.15, 0.2) is 24.3 Å². The minimum Gasteiger partial charge on any atom is -0.382 e. The van der Waals surface area contributed by atoms with Gasteiger partial charge in [0.15, 0.2) is 5.82 Å². The standard InChI is InChI=1S/C16H19N5O.ClH/c1-2-5-13-20-14-15(21(13)9-8-12(17)22)10-6-3-4-7-11(10)19-16(14)18;/h3-4,6-7H,2,5,8-9H2,1H3,(H2,17,22)(H2,18,19);1H. The van der Waals surface area contributed by atoms with Gasteiger partial charge in [-0.2, -0.15) is 0 Å². The molecule has 0 saturated carbocycles. The molecule has 6 nitrogen and oxygen atoms in total. The first-order valence-corrected chi connectivity index (χ1v) is 7.43. The van der Waals surface area contributed by atoms with Crippen LogP contribution in [0.3, 0.4) is 0 Å². The van der Waals surface area contributed by atoms with Gasteiger partial charge >= 0.3 is 0 Å². The monoisotopic (exact) mass is 333 g/mol. The summed E-state index contributed by atoms with van der Waals surface area (Å²) in [6.45, 7) is 2.60. The number of anilines is 1. The summed E-state index contributed by atoms with van der Waals surface area (Å²) in [6, 6.07) is 7.82. The van der Waals surface area contributed by atoms with Crippen LogP contribution in [-0.2, 0) is 17.8 Å². The van der Waals surface area contributed by atoms with Gasteiger partial charge in [-0.05, 0) is 12.5 Å². The number of hydrogen-bond acceptors (Lipinski definition) is 4. The van der Waals surface area contributed by atoms with Gasteiger partial charge < -0.3 is 16.0 Å². The predicted molar refractivity (Wildman–Crippen MR) is 94.5 cm³/mol. The molecule has 23 heavy (non-hydrogen) atoms. The lowest BCUT2D eigenvalue weighted by atomic mass is 10.2. The van der Waals surface area contributed by atoms with Gasteiger partial charge in [0.1, 0.15) is 11.3 Å². The maximum absolute atomic E-state index is 11.2. The zero-order valence-electron chi connectivity index (χ0n) is 13.0. The Morgan fingerprint density at radius 2 is 2.00 bits per heavy atom. The number of nitrogens with two attached hydrogens (primary N) is 2. The third-order valence-electron chi connectivity index (χ3n) is 3.74. The van der Waals surface area contributed by atoms with Crippen LogP contribution in [0.5, 0.6) is 0 Å². The zero-order chi connectivity index (χ0) is 15.7. The fraction of sp³-hybridized carbons (Fsp3) is 0.312. The fourth-order valence-corrected chi connectivity index (χ4v) is 2.78. The van der Waals surface area contributed by atoms with E-state index in [0.717, 1.165) is 35.1 Å². The smallest absolute Gasteiger partial charge is 0.219 e. The highest BCUT2D eigenvalue weighted by Gasteiger charge is 2.16. The van der Waals surface area contributed by atoms with Crippen LogP contribution in [0.2, 0.25) is 0 Å². The number of carbonyl (C=O) groups is 1. The van der Waals surface area contributed by atoms with Crippen molar-refractivity contribution >= 4 is 46.1 Å². The van der Waals surface area contributed by atoms with Crippen LogP contribution < -0.4 is 11.5 Å². The summed E-state index contributed by atoms with van der Waals surface area (Å²) in [7, 11) is 0. The van der Waals surface area contributed by atoms with E-state index in [9.17, 15) is 4.79 Å². The summed E-state index contributed by atoms with van der Waals surface area (Å²) < 4.78 is 2.06. The lowest BCUT2D eigenvalue weighted by Crippen LogP contribution is -2.15. The second-order valence-electron chi connectivity index (χ2n) is 5.36. The Labute approximate surface area is 140 Å². The molecule has 0 spiro atoms. The molecule has 7 heteroatoms. The highest BCUT2D eigenvalue weighted by atomic mass is 35.5. The van der Waals surface area contributed by atoms with E-state index in [-0.39, 0.29) is 24.7 Å². The number of primary amides is 1. The van der Waals surface area contributed by atoms with Crippen LogP contribution in [0, 0.1) is 0 Å². The van der Waals surface area contributed by atoms with E-state index in [1.165, 1.54) is 0 Å². The summed E-state index contributed by atoms with van der Waals surface area (Å²) in [5, 5.41) is 0.992. The van der Waals surface area contributed by atoms with Gasteiger partial charge in [0.2, 0.25) is 5.91 Å². The Morgan fingerprint density at radius 1 is 1.26 bits per heavy atom. The first-order chi connectivity index (χ1) is 10.6. The number of halogens is 1. The van der Waals surface area contributed by atoms with Gasteiger partial charge in [-0.3, -0.25) is 4.79 Å². The molecule has 0 aliphatic rings. The van der Waals surface area contributed by atoms with Crippen LogP contribution in [0.1, 0.15) is 25.6 Å². The number of fused-ring (bicyclic) bond motifs is 3. The molecule has 0 radical (unpaired) electrons. The van der Waals surface area contributed by atoms with Gasteiger partial charge in [0.25, 0.3) is 0 Å². The Bertz CT molecular complexity index is 858. The van der Waals surface area contributed by atoms with E-state index >= 15 is 0 Å². The number of aromatic nitrogens is 3. The van der Waals surface area contributed by atoms with Crippen LogP contribution in [-0.4, -0.2) is 20.4 Å². The van der Waals surface area contributed by atoms with Crippen molar-refractivity contribution in [2.24, 2.45) is 5.73 Å². The quantitative estimate of drug-likeness (QED) is 0.748. The van der Waals surface area contributed by atoms with Crippen molar-refractivity contribution in [1.29, 1.82) is 0 Å². The number of amides is 1. The molecular formula is C16H20ClN5O.